The van der Waals surface area contributed by atoms with Gasteiger partial charge >= 0.3 is 0 Å². The molecule has 1 aliphatic rings. The third-order valence-corrected chi connectivity index (χ3v) is 2.75. The fourth-order valence-electron chi connectivity index (χ4n) is 2.01. The Bertz CT molecular complexity index is 96.6. The summed E-state index contributed by atoms with van der Waals surface area (Å²) in [6.07, 6.45) is 13.5. The molecule has 1 saturated carbocycles. The second-order valence-electron chi connectivity index (χ2n) is 3.72. The summed E-state index contributed by atoms with van der Waals surface area (Å²) in [5, 5.41) is 0. The summed E-state index contributed by atoms with van der Waals surface area (Å²) < 4.78 is 0. The number of allylic oxidation sites excluding steroid dienone is 1. The molecule has 0 nitrogen and oxygen atoms in total. The molecule has 0 unspecified atom stereocenters. The van der Waals surface area contributed by atoms with Crippen LogP contribution in [0.3, 0.4) is 0 Å². The molecule has 0 aromatic heterocycles. The van der Waals surface area contributed by atoms with Crippen LogP contribution >= 0.6 is 0 Å². The molecule has 0 amide bonds. The lowest BCUT2D eigenvalue weighted by Crippen LogP contribution is -1.97. The molecule has 1 rings (SSSR count). The van der Waals surface area contributed by atoms with Crippen molar-refractivity contribution in [1.29, 1.82) is 0 Å². The second-order valence-corrected chi connectivity index (χ2v) is 3.72. The Morgan fingerprint density at radius 2 is 1.73 bits per heavy atom. The van der Waals surface area contributed by atoms with E-state index in [2.05, 4.69) is 12.7 Å². The van der Waals surface area contributed by atoms with Crippen LogP contribution in [-0.2, 0) is 0 Å². The van der Waals surface area contributed by atoms with Crippen molar-refractivity contribution in [3.63, 3.8) is 0 Å². The standard InChI is InChI=1S/C11H20/c1-2-3-8-11-9-6-4-5-7-10-11/h2,11H,1,3-10H2. The quantitative estimate of drug-likeness (QED) is 0.424. The molecule has 0 aliphatic heterocycles. The maximum Gasteiger partial charge on any atom is -0.0351 e. The summed E-state index contributed by atoms with van der Waals surface area (Å²) in [7, 11) is 0. The predicted molar refractivity (Wildman–Crippen MR) is 50.6 cm³/mol. The molecule has 1 aliphatic carbocycles. The Hall–Kier alpha value is -0.260. The molecule has 0 N–H and O–H groups in total. The molecule has 11 heavy (non-hydrogen) atoms. The van der Waals surface area contributed by atoms with Gasteiger partial charge in [0, 0.05) is 0 Å². The van der Waals surface area contributed by atoms with Crippen molar-refractivity contribution in [2.45, 2.75) is 51.4 Å². The van der Waals surface area contributed by atoms with E-state index in [4.69, 9.17) is 0 Å². The van der Waals surface area contributed by atoms with E-state index in [0.717, 1.165) is 5.92 Å². The van der Waals surface area contributed by atoms with Crippen LogP contribution in [-0.4, -0.2) is 0 Å². The van der Waals surface area contributed by atoms with Crippen molar-refractivity contribution in [2.75, 3.05) is 0 Å². The van der Waals surface area contributed by atoms with Gasteiger partial charge in [-0.3, -0.25) is 0 Å². The van der Waals surface area contributed by atoms with Gasteiger partial charge in [-0.2, -0.15) is 0 Å². The Labute approximate surface area is 70.7 Å². The Kier molecular flexibility index (Phi) is 4.33. The van der Waals surface area contributed by atoms with E-state index in [1.807, 2.05) is 0 Å². The van der Waals surface area contributed by atoms with Gasteiger partial charge in [-0.05, 0) is 18.8 Å². The Morgan fingerprint density at radius 1 is 1.09 bits per heavy atom. The van der Waals surface area contributed by atoms with Crippen LogP contribution in [0.2, 0.25) is 0 Å². The SMILES string of the molecule is C=CCCC1CCCCCC1. The minimum Gasteiger partial charge on any atom is -0.103 e. The lowest BCUT2D eigenvalue weighted by molar-refractivity contribution is 0.432. The van der Waals surface area contributed by atoms with E-state index in [0.29, 0.717) is 0 Å². The maximum absolute atomic E-state index is 3.77. The first-order valence-electron chi connectivity index (χ1n) is 5.04. The molecule has 0 heterocycles. The maximum atomic E-state index is 3.77. The smallest absolute Gasteiger partial charge is 0.0351 e. The van der Waals surface area contributed by atoms with Crippen LogP contribution in [0, 0.1) is 5.92 Å². The third kappa shape index (κ3) is 3.60. The van der Waals surface area contributed by atoms with Gasteiger partial charge in [0.1, 0.15) is 0 Å². The lowest BCUT2D eigenvalue weighted by Gasteiger charge is -2.11. The highest BCUT2D eigenvalue weighted by molar-refractivity contribution is 4.71. The van der Waals surface area contributed by atoms with E-state index in [-0.39, 0.29) is 0 Å². The van der Waals surface area contributed by atoms with Crippen molar-refractivity contribution in [3.05, 3.63) is 12.7 Å². The first kappa shape index (κ1) is 8.83. The Morgan fingerprint density at radius 3 is 2.27 bits per heavy atom. The molecule has 0 bridgehead atoms. The zero-order valence-corrected chi connectivity index (χ0v) is 7.52. The second kappa shape index (κ2) is 5.40. The minimum atomic E-state index is 1.02. The summed E-state index contributed by atoms with van der Waals surface area (Å²) in [5.74, 6) is 1.02. The van der Waals surface area contributed by atoms with Gasteiger partial charge in [-0.25, -0.2) is 0 Å². The highest BCUT2D eigenvalue weighted by Crippen LogP contribution is 2.26. The summed E-state index contributed by atoms with van der Waals surface area (Å²) in [6.45, 7) is 3.77. The fourth-order valence-corrected chi connectivity index (χ4v) is 2.01. The molecule has 1 fully saturated rings. The number of hydrogen-bond acceptors (Lipinski definition) is 0. The average Bonchev–Trinajstić information content (AvgIpc) is 2.28. The molecule has 0 radical (unpaired) electrons. The summed E-state index contributed by atoms with van der Waals surface area (Å²) in [6, 6.07) is 0. The van der Waals surface area contributed by atoms with Crippen molar-refractivity contribution < 1.29 is 0 Å². The van der Waals surface area contributed by atoms with Crippen LogP contribution in [0.25, 0.3) is 0 Å². The number of hydrogen-bond donors (Lipinski definition) is 0. The first-order valence-corrected chi connectivity index (χ1v) is 5.04. The van der Waals surface area contributed by atoms with Gasteiger partial charge < -0.3 is 0 Å². The molecule has 0 heteroatoms. The van der Waals surface area contributed by atoms with Crippen LogP contribution in [0.15, 0.2) is 12.7 Å². The minimum absolute atomic E-state index is 1.02. The monoisotopic (exact) mass is 152 g/mol. The molecular formula is C11H20. The van der Waals surface area contributed by atoms with Crippen molar-refractivity contribution in [1.82, 2.24) is 0 Å². The van der Waals surface area contributed by atoms with Gasteiger partial charge in [0.2, 0.25) is 0 Å². The van der Waals surface area contributed by atoms with Crippen molar-refractivity contribution in [2.24, 2.45) is 5.92 Å². The van der Waals surface area contributed by atoms with Crippen LogP contribution in [0.1, 0.15) is 51.4 Å². The normalized spacial score (nSPS) is 21.1. The van der Waals surface area contributed by atoms with Crippen LogP contribution < -0.4 is 0 Å². The van der Waals surface area contributed by atoms with Crippen molar-refractivity contribution >= 4 is 0 Å². The van der Waals surface area contributed by atoms with Gasteiger partial charge in [0.15, 0.2) is 0 Å². The van der Waals surface area contributed by atoms with Gasteiger partial charge in [-0.1, -0.05) is 44.6 Å². The van der Waals surface area contributed by atoms with Gasteiger partial charge in [0.25, 0.3) is 0 Å². The van der Waals surface area contributed by atoms with Crippen molar-refractivity contribution in [3.8, 4) is 0 Å². The Balaban J connectivity index is 2.14. The van der Waals surface area contributed by atoms with E-state index in [9.17, 15) is 0 Å². The zero-order chi connectivity index (χ0) is 7.94. The third-order valence-electron chi connectivity index (χ3n) is 2.75. The first-order chi connectivity index (χ1) is 5.43. The van der Waals surface area contributed by atoms with Crippen LogP contribution in [0.5, 0.6) is 0 Å². The summed E-state index contributed by atoms with van der Waals surface area (Å²) in [4.78, 5) is 0. The average molecular weight is 152 g/mol. The summed E-state index contributed by atoms with van der Waals surface area (Å²) >= 11 is 0. The van der Waals surface area contributed by atoms with Gasteiger partial charge in [-0.15, -0.1) is 6.58 Å². The van der Waals surface area contributed by atoms with Crippen LogP contribution in [0.4, 0.5) is 0 Å². The molecule has 0 spiro atoms. The fraction of sp³-hybridized carbons (Fsp3) is 0.818. The van der Waals surface area contributed by atoms with E-state index in [1.54, 1.807) is 0 Å². The predicted octanol–water partition coefficient (Wildman–Crippen LogP) is 3.92. The number of rotatable bonds is 3. The van der Waals surface area contributed by atoms with E-state index >= 15 is 0 Å². The van der Waals surface area contributed by atoms with E-state index in [1.165, 1.54) is 51.4 Å². The largest absolute Gasteiger partial charge is 0.103 e. The molecule has 64 valence electrons. The highest BCUT2D eigenvalue weighted by Gasteiger charge is 2.10. The highest BCUT2D eigenvalue weighted by atomic mass is 14.2. The molecule has 0 aromatic carbocycles. The topological polar surface area (TPSA) is 0 Å². The molecular weight excluding hydrogens is 132 g/mol. The molecule has 0 aromatic rings. The van der Waals surface area contributed by atoms with Gasteiger partial charge in [0.05, 0.1) is 0 Å². The van der Waals surface area contributed by atoms with E-state index < -0.39 is 0 Å². The molecule has 0 atom stereocenters. The molecule has 0 saturated heterocycles. The zero-order valence-electron chi connectivity index (χ0n) is 7.52. The lowest BCUT2D eigenvalue weighted by atomic mass is 9.95. The summed E-state index contributed by atoms with van der Waals surface area (Å²) in [5.41, 5.74) is 0.